The SMILES string of the molecule is [N-]=C=NC1CCCCC1. The zero-order valence-corrected chi connectivity index (χ0v) is 5.51. The standard InChI is InChI=1S/C7H11N2/c8-6-9-7-4-2-1-3-5-7/h7H,1-5H2/q-1. The van der Waals surface area contributed by atoms with Crippen LogP contribution in [0.5, 0.6) is 0 Å². The van der Waals surface area contributed by atoms with Gasteiger partial charge in [0.05, 0.1) is 0 Å². The van der Waals surface area contributed by atoms with Crippen LogP contribution >= 0.6 is 0 Å². The van der Waals surface area contributed by atoms with Crippen LogP contribution in [0.3, 0.4) is 0 Å². The number of rotatable bonds is 1. The van der Waals surface area contributed by atoms with Gasteiger partial charge in [0.2, 0.25) is 0 Å². The Labute approximate surface area is 55.5 Å². The normalized spacial score (nSPS) is 20.9. The van der Waals surface area contributed by atoms with Crippen molar-refractivity contribution in [3.05, 3.63) is 5.41 Å². The average molecular weight is 123 g/mol. The molecule has 0 radical (unpaired) electrons. The van der Waals surface area contributed by atoms with E-state index < -0.39 is 0 Å². The van der Waals surface area contributed by atoms with E-state index in [1.807, 2.05) is 6.01 Å². The van der Waals surface area contributed by atoms with Gasteiger partial charge in [-0.05, 0) is 6.04 Å². The van der Waals surface area contributed by atoms with Crippen molar-refractivity contribution in [2.75, 3.05) is 0 Å². The Bertz CT molecular complexity index is 119. The summed E-state index contributed by atoms with van der Waals surface area (Å²) in [7, 11) is 0. The van der Waals surface area contributed by atoms with Gasteiger partial charge >= 0.3 is 0 Å². The van der Waals surface area contributed by atoms with Gasteiger partial charge in [-0.15, -0.1) is 0 Å². The Morgan fingerprint density at radius 3 is 2.44 bits per heavy atom. The van der Waals surface area contributed by atoms with E-state index in [1.54, 1.807) is 0 Å². The molecule has 1 aliphatic rings. The van der Waals surface area contributed by atoms with Crippen molar-refractivity contribution in [2.45, 2.75) is 38.1 Å². The summed E-state index contributed by atoms with van der Waals surface area (Å²) in [5.74, 6) is 0. The highest BCUT2D eigenvalue weighted by Crippen LogP contribution is 2.19. The van der Waals surface area contributed by atoms with Crippen molar-refractivity contribution in [2.24, 2.45) is 4.99 Å². The van der Waals surface area contributed by atoms with Gasteiger partial charge in [-0.25, -0.2) is 0 Å². The molecule has 1 aliphatic carbocycles. The molecule has 0 heterocycles. The summed E-state index contributed by atoms with van der Waals surface area (Å²) in [5.41, 5.74) is 0. The average Bonchev–Trinajstić information content (AvgIpc) is 1.91. The molecule has 1 fully saturated rings. The van der Waals surface area contributed by atoms with Gasteiger partial charge in [-0.3, -0.25) is 0 Å². The van der Waals surface area contributed by atoms with E-state index in [0.29, 0.717) is 6.04 Å². The van der Waals surface area contributed by atoms with Gasteiger partial charge in [-0.1, -0.05) is 32.1 Å². The summed E-state index contributed by atoms with van der Waals surface area (Å²) < 4.78 is 0. The molecule has 0 aliphatic heterocycles. The molecule has 0 aromatic heterocycles. The largest absolute Gasteiger partial charge is 0.428 e. The van der Waals surface area contributed by atoms with Crippen LogP contribution in [-0.4, -0.2) is 12.1 Å². The van der Waals surface area contributed by atoms with Crippen molar-refractivity contribution in [1.82, 2.24) is 0 Å². The molecule has 0 aromatic carbocycles. The highest BCUT2D eigenvalue weighted by atomic mass is 14.8. The van der Waals surface area contributed by atoms with E-state index in [0.717, 1.165) is 12.8 Å². The minimum atomic E-state index is 0.365. The fourth-order valence-corrected chi connectivity index (χ4v) is 1.29. The van der Waals surface area contributed by atoms with Gasteiger partial charge in [-0.2, -0.15) is 6.01 Å². The summed E-state index contributed by atoms with van der Waals surface area (Å²) in [6, 6.07) is 2.23. The van der Waals surface area contributed by atoms with Crippen molar-refractivity contribution >= 4 is 6.01 Å². The van der Waals surface area contributed by atoms with E-state index in [-0.39, 0.29) is 0 Å². The first kappa shape index (κ1) is 6.50. The molecule has 0 spiro atoms. The molecule has 9 heavy (non-hydrogen) atoms. The van der Waals surface area contributed by atoms with Gasteiger partial charge in [0, 0.05) is 0 Å². The zero-order chi connectivity index (χ0) is 6.53. The first-order valence-corrected chi connectivity index (χ1v) is 3.52. The van der Waals surface area contributed by atoms with E-state index in [4.69, 9.17) is 5.41 Å². The highest BCUT2D eigenvalue weighted by Gasteiger charge is 2.05. The quantitative estimate of drug-likeness (QED) is 0.478. The highest BCUT2D eigenvalue weighted by molar-refractivity contribution is 5.45. The van der Waals surface area contributed by atoms with Crippen LogP contribution in [0.2, 0.25) is 0 Å². The topological polar surface area (TPSA) is 34.7 Å². The molecular formula is C7H11N2-. The maximum absolute atomic E-state index is 8.20. The molecule has 50 valence electrons. The molecule has 2 heteroatoms. The second-order valence-electron chi connectivity index (χ2n) is 2.52. The van der Waals surface area contributed by atoms with Crippen molar-refractivity contribution in [3.8, 4) is 0 Å². The summed E-state index contributed by atoms with van der Waals surface area (Å²) in [6.07, 6.45) is 6.12. The summed E-state index contributed by atoms with van der Waals surface area (Å²) in [6.45, 7) is 0. The van der Waals surface area contributed by atoms with E-state index in [9.17, 15) is 0 Å². The Kier molecular flexibility index (Phi) is 2.47. The summed E-state index contributed by atoms with van der Waals surface area (Å²) in [4.78, 5) is 3.79. The Morgan fingerprint density at radius 2 is 1.89 bits per heavy atom. The van der Waals surface area contributed by atoms with Crippen LogP contribution in [0, 0.1) is 0 Å². The van der Waals surface area contributed by atoms with E-state index in [2.05, 4.69) is 4.99 Å². The molecule has 0 N–H and O–H groups in total. The molecule has 0 unspecified atom stereocenters. The van der Waals surface area contributed by atoms with E-state index in [1.165, 1.54) is 19.3 Å². The fraction of sp³-hybridized carbons (Fsp3) is 0.857. The molecule has 0 aromatic rings. The maximum Gasteiger partial charge on any atom is -0.0320 e. The van der Waals surface area contributed by atoms with Crippen molar-refractivity contribution in [1.29, 1.82) is 0 Å². The minimum absolute atomic E-state index is 0.365. The van der Waals surface area contributed by atoms with Crippen LogP contribution in [0.25, 0.3) is 5.41 Å². The third-order valence-corrected chi connectivity index (χ3v) is 1.82. The zero-order valence-electron chi connectivity index (χ0n) is 5.51. The van der Waals surface area contributed by atoms with Crippen molar-refractivity contribution < 1.29 is 0 Å². The first-order chi connectivity index (χ1) is 4.43. The maximum atomic E-state index is 8.20. The molecular weight excluding hydrogens is 112 g/mol. The fourth-order valence-electron chi connectivity index (χ4n) is 1.29. The van der Waals surface area contributed by atoms with Crippen LogP contribution in [0.1, 0.15) is 32.1 Å². The Balaban J connectivity index is 2.31. The molecule has 0 atom stereocenters. The van der Waals surface area contributed by atoms with Gasteiger partial charge < -0.3 is 10.4 Å². The van der Waals surface area contributed by atoms with Crippen LogP contribution in [-0.2, 0) is 0 Å². The molecule has 1 rings (SSSR count). The molecule has 1 saturated carbocycles. The molecule has 0 amide bonds. The van der Waals surface area contributed by atoms with Crippen LogP contribution in [0.4, 0.5) is 0 Å². The van der Waals surface area contributed by atoms with Crippen molar-refractivity contribution in [3.63, 3.8) is 0 Å². The Hall–Kier alpha value is -0.620. The third-order valence-electron chi connectivity index (χ3n) is 1.82. The lowest BCUT2D eigenvalue weighted by Crippen LogP contribution is -2.08. The number of hydrogen-bond donors (Lipinski definition) is 0. The summed E-state index contributed by atoms with van der Waals surface area (Å²) >= 11 is 0. The smallest absolute Gasteiger partial charge is 0.0320 e. The third kappa shape index (κ3) is 1.98. The predicted octanol–water partition coefficient (Wildman–Crippen LogP) is 2.06. The monoisotopic (exact) mass is 123 g/mol. The van der Waals surface area contributed by atoms with Gasteiger partial charge in [0.15, 0.2) is 0 Å². The number of nitrogens with zero attached hydrogens (tertiary/aromatic N) is 2. The lowest BCUT2D eigenvalue weighted by molar-refractivity contribution is 0.445. The summed E-state index contributed by atoms with van der Waals surface area (Å²) in [5, 5.41) is 8.20. The van der Waals surface area contributed by atoms with Gasteiger partial charge in [0.1, 0.15) is 0 Å². The lowest BCUT2D eigenvalue weighted by atomic mass is 9.96. The number of hydrogen-bond acceptors (Lipinski definition) is 1. The lowest BCUT2D eigenvalue weighted by Gasteiger charge is -2.20. The first-order valence-electron chi connectivity index (χ1n) is 3.52. The van der Waals surface area contributed by atoms with Crippen LogP contribution < -0.4 is 0 Å². The predicted molar refractivity (Wildman–Crippen MR) is 37.7 cm³/mol. The Morgan fingerprint density at radius 1 is 1.22 bits per heavy atom. The van der Waals surface area contributed by atoms with E-state index >= 15 is 0 Å². The molecule has 2 nitrogen and oxygen atoms in total. The van der Waals surface area contributed by atoms with Gasteiger partial charge in [0.25, 0.3) is 0 Å². The van der Waals surface area contributed by atoms with Crippen LogP contribution in [0.15, 0.2) is 4.99 Å². The number of aliphatic imine (C=N–C) groups is 1. The molecule has 0 bridgehead atoms. The minimum Gasteiger partial charge on any atom is -0.428 e. The molecule has 0 saturated heterocycles. The second kappa shape index (κ2) is 3.41. The second-order valence-corrected chi connectivity index (χ2v) is 2.52.